The quantitative estimate of drug-likeness (QED) is 0.572. The summed E-state index contributed by atoms with van der Waals surface area (Å²) in [7, 11) is 0. The second kappa shape index (κ2) is 7.01. The minimum atomic E-state index is -0.290. The maximum atomic E-state index is 12.9. The van der Waals surface area contributed by atoms with Crippen LogP contribution in [0.25, 0.3) is 22.2 Å². The maximum Gasteiger partial charge on any atom is 0.346 e. The molecule has 144 valence electrons. The molecule has 0 spiro atoms. The van der Waals surface area contributed by atoms with Gasteiger partial charge in [-0.1, -0.05) is 36.4 Å². The summed E-state index contributed by atoms with van der Waals surface area (Å²) in [4.78, 5) is 29.7. The van der Waals surface area contributed by atoms with E-state index in [1.807, 2.05) is 54.6 Å². The summed E-state index contributed by atoms with van der Waals surface area (Å²) in [5.41, 5.74) is 1.22. The van der Waals surface area contributed by atoms with E-state index in [0.29, 0.717) is 5.82 Å². The number of rotatable bonds is 5. The number of carbonyl (C=O) groups is 1. The van der Waals surface area contributed by atoms with E-state index in [0.717, 1.165) is 34.9 Å². The molecule has 0 atom stereocenters. The molecule has 1 amide bonds. The highest BCUT2D eigenvalue weighted by Gasteiger charge is 2.30. The van der Waals surface area contributed by atoms with Crippen LogP contribution in [-0.4, -0.2) is 25.2 Å². The third-order valence-corrected chi connectivity index (χ3v) is 5.06. The molecule has 1 aliphatic rings. The van der Waals surface area contributed by atoms with Gasteiger partial charge in [0.1, 0.15) is 6.54 Å². The third kappa shape index (κ3) is 3.31. The number of aromatic nitrogens is 4. The van der Waals surface area contributed by atoms with E-state index in [9.17, 15) is 9.59 Å². The van der Waals surface area contributed by atoms with E-state index in [-0.39, 0.29) is 24.2 Å². The second-order valence-electron chi connectivity index (χ2n) is 7.18. The Bertz CT molecular complexity index is 1250. The van der Waals surface area contributed by atoms with Crippen LogP contribution in [0.4, 0.5) is 5.69 Å². The van der Waals surface area contributed by atoms with Gasteiger partial charge in [0.05, 0.1) is 0 Å². The van der Waals surface area contributed by atoms with Gasteiger partial charge in [0, 0.05) is 35.1 Å². The van der Waals surface area contributed by atoms with Gasteiger partial charge in [0.15, 0.2) is 5.82 Å². The molecule has 1 aliphatic carbocycles. The van der Waals surface area contributed by atoms with Crippen molar-refractivity contribution in [3.8, 4) is 11.4 Å². The predicted molar refractivity (Wildman–Crippen MR) is 111 cm³/mol. The first-order valence-corrected chi connectivity index (χ1v) is 9.58. The van der Waals surface area contributed by atoms with Crippen LogP contribution < -0.4 is 11.0 Å². The lowest BCUT2D eigenvalue weighted by molar-refractivity contribution is -0.117. The Balaban J connectivity index is 1.44. The normalized spacial score (nSPS) is 13.5. The fourth-order valence-corrected chi connectivity index (χ4v) is 3.54. The summed E-state index contributed by atoms with van der Waals surface area (Å²) in [6.45, 7) is -0.144. The first kappa shape index (κ1) is 17.4. The first-order chi connectivity index (χ1) is 14.2. The van der Waals surface area contributed by atoms with Gasteiger partial charge in [0.2, 0.25) is 5.91 Å². The molecule has 2 aromatic heterocycles. The Labute approximate surface area is 166 Å². The zero-order valence-corrected chi connectivity index (χ0v) is 15.7. The average molecular weight is 385 g/mol. The van der Waals surface area contributed by atoms with Gasteiger partial charge < -0.3 is 5.32 Å². The van der Waals surface area contributed by atoms with Gasteiger partial charge in [-0.25, -0.2) is 9.48 Å². The average Bonchev–Trinajstić information content (AvgIpc) is 3.53. The molecule has 0 radical (unpaired) electrons. The molecular weight excluding hydrogens is 366 g/mol. The molecule has 29 heavy (non-hydrogen) atoms. The Kier molecular flexibility index (Phi) is 4.20. The molecule has 2 aromatic carbocycles. The van der Waals surface area contributed by atoms with Crippen LogP contribution in [0.5, 0.6) is 0 Å². The number of pyridine rings is 1. The molecule has 1 saturated carbocycles. The fraction of sp³-hybridized carbons (Fsp3) is 0.182. The van der Waals surface area contributed by atoms with Gasteiger partial charge in [-0.05, 0) is 36.4 Å². The van der Waals surface area contributed by atoms with E-state index >= 15 is 0 Å². The minimum Gasteiger partial charge on any atom is -0.324 e. The van der Waals surface area contributed by atoms with Gasteiger partial charge in [-0.3, -0.25) is 14.3 Å². The molecule has 1 fully saturated rings. The summed E-state index contributed by atoms with van der Waals surface area (Å²) in [6, 6.07) is 17.4. The molecule has 7 heteroatoms. The minimum absolute atomic E-state index is 0.144. The van der Waals surface area contributed by atoms with Crippen molar-refractivity contribution in [2.75, 3.05) is 5.32 Å². The Morgan fingerprint density at radius 1 is 1.07 bits per heavy atom. The number of nitrogens with zero attached hydrogens (tertiary/aromatic N) is 4. The molecule has 0 saturated heterocycles. The molecule has 1 N–H and O–H groups in total. The van der Waals surface area contributed by atoms with Crippen molar-refractivity contribution in [1.29, 1.82) is 0 Å². The van der Waals surface area contributed by atoms with Crippen molar-refractivity contribution >= 4 is 22.4 Å². The van der Waals surface area contributed by atoms with Crippen molar-refractivity contribution in [3.63, 3.8) is 0 Å². The molecule has 0 bridgehead atoms. The van der Waals surface area contributed by atoms with E-state index in [2.05, 4.69) is 15.4 Å². The molecule has 4 aromatic rings. The Hall–Kier alpha value is -3.74. The van der Waals surface area contributed by atoms with E-state index in [1.54, 1.807) is 17.0 Å². The topological polar surface area (TPSA) is 81.8 Å². The van der Waals surface area contributed by atoms with E-state index in [4.69, 9.17) is 0 Å². The predicted octanol–water partition coefficient (Wildman–Crippen LogP) is 3.23. The second-order valence-corrected chi connectivity index (χ2v) is 7.18. The highest BCUT2D eigenvalue weighted by atomic mass is 16.2. The van der Waals surface area contributed by atoms with Crippen LogP contribution in [0, 0.1) is 0 Å². The molecule has 0 unspecified atom stereocenters. The highest BCUT2D eigenvalue weighted by molar-refractivity contribution is 6.01. The summed E-state index contributed by atoms with van der Waals surface area (Å²) < 4.78 is 2.92. The SMILES string of the molecule is O=C(Cn1nc(-c2cccnc2)n(C2CC2)c1=O)Nc1cccc2ccccc12. The van der Waals surface area contributed by atoms with Crippen LogP contribution in [0.1, 0.15) is 18.9 Å². The van der Waals surface area contributed by atoms with Crippen LogP contribution in [-0.2, 0) is 11.3 Å². The number of amides is 1. The number of fused-ring (bicyclic) bond motifs is 1. The number of hydrogen-bond acceptors (Lipinski definition) is 4. The Morgan fingerprint density at radius 2 is 1.90 bits per heavy atom. The zero-order valence-electron chi connectivity index (χ0n) is 15.7. The largest absolute Gasteiger partial charge is 0.346 e. The summed E-state index contributed by atoms with van der Waals surface area (Å²) in [6.07, 6.45) is 5.25. The fourth-order valence-electron chi connectivity index (χ4n) is 3.54. The maximum absolute atomic E-state index is 12.9. The van der Waals surface area contributed by atoms with Gasteiger partial charge in [-0.2, -0.15) is 0 Å². The molecule has 0 aliphatic heterocycles. The zero-order chi connectivity index (χ0) is 19.8. The lowest BCUT2D eigenvalue weighted by atomic mass is 10.1. The van der Waals surface area contributed by atoms with Crippen molar-refractivity contribution in [2.45, 2.75) is 25.4 Å². The third-order valence-electron chi connectivity index (χ3n) is 5.06. The smallest absolute Gasteiger partial charge is 0.324 e. The van der Waals surface area contributed by atoms with Crippen LogP contribution in [0.3, 0.4) is 0 Å². The summed E-state index contributed by atoms with van der Waals surface area (Å²) >= 11 is 0. The number of benzene rings is 2. The molecule has 2 heterocycles. The van der Waals surface area contributed by atoms with Gasteiger partial charge >= 0.3 is 5.69 Å². The number of carbonyl (C=O) groups excluding carboxylic acids is 1. The highest BCUT2D eigenvalue weighted by Crippen LogP contribution is 2.36. The monoisotopic (exact) mass is 385 g/mol. The Morgan fingerprint density at radius 3 is 2.69 bits per heavy atom. The lowest BCUT2D eigenvalue weighted by Gasteiger charge is -2.08. The van der Waals surface area contributed by atoms with E-state index < -0.39 is 0 Å². The summed E-state index contributed by atoms with van der Waals surface area (Å²) in [5.74, 6) is 0.269. The van der Waals surface area contributed by atoms with Gasteiger partial charge in [-0.15, -0.1) is 5.10 Å². The molecule has 5 rings (SSSR count). The van der Waals surface area contributed by atoms with Crippen LogP contribution in [0.2, 0.25) is 0 Å². The molecular formula is C22H19N5O2. The number of anilines is 1. The standard InChI is InChI=1S/C22H19N5O2/c28-20(24-19-9-3-6-15-5-1-2-8-18(15)19)14-26-22(29)27(17-10-11-17)21(25-26)16-7-4-12-23-13-16/h1-9,12-13,17H,10-11,14H2,(H,24,28). The van der Waals surface area contributed by atoms with Crippen LogP contribution in [0.15, 0.2) is 71.8 Å². The first-order valence-electron chi connectivity index (χ1n) is 9.58. The van der Waals surface area contributed by atoms with Crippen molar-refractivity contribution in [3.05, 3.63) is 77.5 Å². The number of nitrogens with one attached hydrogen (secondary N) is 1. The lowest BCUT2D eigenvalue weighted by Crippen LogP contribution is -2.30. The van der Waals surface area contributed by atoms with E-state index in [1.165, 1.54) is 4.68 Å². The summed E-state index contributed by atoms with van der Waals surface area (Å²) in [5, 5.41) is 9.36. The van der Waals surface area contributed by atoms with Crippen molar-refractivity contribution < 1.29 is 4.79 Å². The van der Waals surface area contributed by atoms with Gasteiger partial charge in [0.25, 0.3) is 0 Å². The van der Waals surface area contributed by atoms with Crippen LogP contribution >= 0.6 is 0 Å². The van der Waals surface area contributed by atoms with Crippen molar-refractivity contribution in [1.82, 2.24) is 19.3 Å². The molecule has 7 nitrogen and oxygen atoms in total. The van der Waals surface area contributed by atoms with Crippen molar-refractivity contribution in [2.24, 2.45) is 0 Å². The number of hydrogen-bond donors (Lipinski definition) is 1.